The molecule has 23 heavy (non-hydrogen) atoms. The Labute approximate surface area is 138 Å². The molecule has 5 heteroatoms. The highest BCUT2D eigenvalue weighted by Gasteiger charge is 2.16. The molecule has 0 aliphatic heterocycles. The molecule has 1 aromatic carbocycles. The second kappa shape index (κ2) is 8.56. The molecule has 0 spiro atoms. The molecule has 0 aromatic heterocycles. The van der Waals surface area contributed by atoms with E-state index in [0.717, 1.165) is 0 Å². The Hall–Kier alpha value is -2.04. The maximum absolute atomic E-state index is 11.9. The molecule has 0 fully saturated rings. The number of aliphatic carboxylic acids is 1. The van der Waals surface area contributed by atoms with Crippen LogP contribution >= 0.6 is 0 Å². The molecule has 1 rings (SSSR count). The van der Waals surface area contributed by atoms with E-state index in [1.165, 1.54) is 5.56 Å². The Morgan fingerprint density at radius 3 is 2.30 bits per heavy atom. The summed E-state index contributed by atoms with van der Waals surface area (Å²) in [7, 11) is 0. The molecular weight excluding hydrogens is 294 g/mol. The number of nitrogens with one attached hydrogen (secondary N) is 1. The lowest BCUT2D eigenvalue weighted by Gasteiger charge is -2.20. The molecule has 0 radical (unpaired) electrons. The summed E-state index contributed by atoms with van der Waals surface area (Å²) in [6.07, 6.45) is 0.738. The fraction of sp³-hybridized carbons (Fsp3) is 0.556. The minimum Gasteiger partial charge on any atom is -0.481 e. The van der Waals surface area contributed by atoms with Gasteiger partial charge in [-0.15, -0.1) is 0 Å². The normalized spacial score (nSPS) is 12.5. The Kier molecular flexibility index (Phi) is 7.07. The second-order valence-electron chi connectivity index (χ2n) is 6.68. The third-order valence-corrected chi connectivity index (χ3v) is 3.52. The van der Waals surface area contributed by atoms with E-state index in [0.29, 0.717) is 25.1 Å². The van der Waals surface area contributed by atoms with Crippen LogP contribution in [0.2, 0.25) is 0 Å². The number of carboxylic acids is 1. The molecule has 1 unspecified atom stereocenters. The predicted octanol–water partition coefficient (Wildman–Crippen LogP) is 3.12. The standard InChI is InChI=1S/C18H27NO4/c1-13(17(22)19-12-6-5-7-16(20)21)23-15-10-8-14(9-11-15)18(2,3)4/h8-11,13H,5-7,12H2,1-4H3,(H,19,22)(H,20,21). The Bertz CT molecular complexity index is 517. The number of ether oxygens (including phenoxy) is 1. The van der Waals surface area contributed by atoms with Crippen LogP contribution in [0, 0.1) is 0 Å². The van der Waals surface area contributed by atoms with Crippen LogP contribution in [-0.4, -0.2) is 29.6 Å². The van der Waals surface area contributed by atoms with Crippen LogP contribution in [0.15, 0.2) is 24.3 Å². The van der Waals surface area contributed by atoms with Crippen molar-refractivity contribution >= 4 is 11.9 Å². The number of benzene rings is 1. The minimum atomic E-state index is -0.813. The van der Waals surface area contributed by atoms with Gasteiger partial charge in [0, 0.05) is 13.0 Å². The van der Waals surface area contributed by atoms with Crippen molar-refractivity contribution in [2.45, 2.75) is 58.5 Å². The molecule has 0 saturated carbocycles. The zero-order valence-electron chi connectivity index (χ0n) is 14.4. The Balaban J connectivity index is 2.38. The van der Waals surface area contributed by atoms with Gasteiger partial charge < -0.3 is 15.2 Å². The molecule has 0 heterocycles. The van der Waals surface area contributed by atoms with Gasteiger partial charge in [0.25, 0.3) is 5.91 Å². The van der Waals surface area contributed by atoms with Crippen molar-refractivity contribution in [1.82, 2.24) is 5.32 Å². The van der Waals surface area contributed by atoms with Gasteiger partial charge in [0.1, 0.15) is 5.75 Å². The molecule has 1 atom stereocenters. The molecule has 0 bridgehead atoms. The quantitative estimate of drug-likeness (QED) is 0.721. The summed E-state index contributed by atoms with van der Waals surface area (Å²) in [5.41, 5.74) is 1.29. The zero-order chi connectivity index (χ0) is 17.5. The van der Waals surface area contributed by atoms with Crippen molar-refractivity contribution in [3.05, 3.63) is 29.8 Å². The highest BCUT2D eigenvalue weighted by molar-refractivity contribution is 5.80. The summed E-state index contributed by atoms with van der Waals surface area (Å²) in [5, 5.41) is 11.3. The molecule has 1 amide bonds. The number of carbonyl (C=O) groups excluding carboxylic acids is 1. The van der Waals surface area contributed by atoms with E-state index >= 15 is 0 Å². The summed E-state index contributed by atoms with van der Waals surface area (Å²) in [5.74, 6) is -0.349. The highest BCUT2D eigenvalue weighted by atomic mass is 16.5. The molecule has 0 saturated heterocycles. The molecule has 128 valence electrons. The van der Waals surface area contributed by atoms with Gasteiger partial charge >= 0.3 is 5.97 Å². The summed E-state index contributed by atoms with van der Waals surface area (Å²) in [6, 6.07) is 7.76. The van der Waals surface area contributed by atoms with Crippen molar-refractivity contribution in [1.29, 1.82) is 0 Å². The second-order valence-corrected chi connectivity index (χ2v) is 6.68. The summed E-state index contributed by atoms with van der Waals surface area (Å²) < 4.78 is 5.63. The van der Waals surface area contributed by atoms with Gasteiger partial charge in [-0.05, 0) is 42.9 Å². The van der Waals surface area contributed by atoms with Crippen LogP contribution in [0.5, 0.6) is 5.75 Å². The van der Waals surface area contributed by atoms with E-state index in [2.05, 4.69) is 26.1 Å². The first-order valence-corrected chi connectivity index (χ1v) is 7.97. The largest absolute Gasteiger partial charge is 0.481 e. The fourth-order valence-electron chi connectivity index (χ4n) is 2.05. The van der Waals surface area contributed by atoms with Crippen LogP contribution in [0.3, 0.4) is 0 Å². The minimum absolute atomic E-state index is 0.0808. The number of amides is 1. The molecule has 2 N–H and O–H groups in total. The summed E-state index contributed by atoms with van der Waals surface area (Å²) >= 11 is 0. The van der Waals surface area contributed by atoms with Crippen LogP contribution in [0.4, 0.5) is 0 Å². The van der Waals surface area contributed by atoms with Crippen LogP contribution in [0.1, 0.15) is 52.5 Å². The summed E-state index contributed by atoms with van der Waals surface area (Å²) in [4.78, 5) is 22.3. The molecule has 1 aromatic rings. The van der Waals surface area contributed by atoms with Crippen molar-refractivity contribution in [2.75, 3.05) is 6.54 Å². The number of hydrogen-bond acceptors (Lipinski definition) is 3. The molecule has 0 aliphatic rings. The number of carboxylic acid groups (broad SMARTS) is 1. The molecular formula is C18H27NO4. The topological polar surface area (TPSA) is 75.6 Å². The SMILES string of the molecule is CC(Oc1ccc(C(C)(C)C)cc1)C(=O)NCCCCC(=O)O. The van der Waals surface area contributed by atoms with E-state index in [-0.39, 0.29) is 17.7 Å². The average Bonchev–Trinajstić information content (AvgIpc) is 2.46. The van der Waals surface area contributed by atoms with Crippen molar-refractivity contribution in [3.8, 4) is 5.75 Å². The predicted molar refractivity (Wildman–Crippen MR) is 89.7 cm³/mol. The number of carbonyl (C=O) groups is 2. The lowest BCUT2D eigenvalue weighted by Crippen LogP contribution is -2.36. The van der Waals surface area contributed by atoms with E-state index in [4.69, 9.17) is 9.84 Å². The van der Waals surface area contributed by atoms with Gasteiger partial charge in [-0.2, -0.15) is 0 Å². The third-order valence-electron chi connectivity index (χ3n) is 3.52. The first-order valence-electron chi connectivity index (χ1n) is 7.97. The van der Waals surface area contributed by atoms with Crippen LogP contribution in [-0.2, 0) is 15.0 Å². The third kappa shape index (κ3) is 7.17. The van der Waals surface area contributed by atoms with Crippen LogP contribution < -0.4 is 10.1 Å². The van der Waals surface area contributed by atoms with E-state index in [1.807, 2.05) is 24.3 Å². The number of hydrogen-bond donors (Lipinski definition) is 2. The molecule has 5 nitrogen and oxygen atoms in total. The highest BCUT2D eigenvalue weighted by Crippen LogP contribution is 2.24. The van der Waals surface area contributed by atoms with E-state index < -0.39 is 12.1 Å². The zero-order valence-corrected chi connectivity index (χ0v) is 14.4. The Morgan fingerprint density at radius 1 is 1.17 bits per heavy atom. The maximum atomic E-state index is 11.9. The van der Waals surface area contributed by atoms with Crippen molar-refractivity contribution < 1.29 is 19.4 Å². The Morgan fingerprint density at radius 2 is 1.78 bits per heavy atom. The first-order chi connectivity index (χ1) is 10.7. The summed E-state index contributed by atoms with van der Waals surface area (Å²) in [6.45, 7) is 8.59. The van der Waals surface area contributed by atoms with Crippen LogP contribution in [0.25, 0.3) is 0 Å². The van der Waals surface area contributed by atoms with Gasteiger partial charge in [-0.25, -0.2) is 0 Å². The van der Waals surface area contributed by atoms with Gasteiger partial charge in [0.15, 0.2) is 6.10 Å². The first kappa shape index (κ1) is 19.0. The lowest BCUT2D eigenvalue weighted by atomic mass is 9.87. The number of unbranched alkanes of at least 4 members (excludes halogenated alkanes) is 1. The molecule has 0 aliphatic carbocycles. The van der Waals surface area contributed by atoms with Crippen molar-refractivity contribution in [3.63, 3.8) is 0 Å². The maximum Gasteiger partial charge on any atom is 0.303 e. The van der Waals surface area contributed by atoms with Gasteiger partial charge in [0.05, 0.1) is 0 Å². The monoisotopic (exact) mass is 321 g/mol. The van der Waals surface area contributed by atoms with Crippen molar-refractivity contribution in [2.24, 2.45) is 0 Å². The average molecular weight is 321 g/mol. The smallest absolute Gasteiger partial charge is 0.303 e. The number of rotatable bonds is 8. The van der Waals surface area contributed by atoms with Gasteiger partial charge in [-0.1, -0.05) is 32.9 Å². The lowest BCUT2D eigenvalue weighted by molar-refractivity contribution is -0.137. The van der Waals surface area contributed by atoms with Gasteiger partial charge in [-0.3, -0.25) is 9.59 Å². The van der Waals surface area contributed by atoms with E-state index in [1.54, 1.807) is 6.92 Å². The van der Waals surface area contributed by atoms with E-state index in [9.17, 15) is 9.59 Å². The fourth-order valence-corrected chi connectivity index (χ4v) is 2.05. The van der Waals surface area contributed by atoms with Gasteiger partial charge in [0.2, 0.25) is 0 Å².